The summed E-state index contributed by atoms with van der Waals surface area (Å²) >= 11 is 0. The molecule has 0 spiro atoms. The van der Waals surface area contributed by atoms with Gasteiger partial charge in [-0.1, -0.05) is 18.2 Å². The number of aromatic nitrogens is 2. The summed E-state index contributed by atoms with van der Waals surface area (Å²) in [6.07, 6.45) is 0.994. The Morgan fingerprint density at radius 1 is 0.839 bits per heavy atom. The largest absolute Gasteiger partial charge is 0.494 e. The SMILES string of the molecule is Cc1cc(OCCCC(=O)O)nc(-c2ccc3cc(OCCCC(=O)O)ccc3c2)n1. The Kier molecular flexibility index (Phi) is 7.37. The van der Waals surface area contributed by atoms with E-state index in [2.05, 4.69) is 9.97 Å². The van der Waals surface area contributed by atoms with Crippen molar-refractivity contribution < 1.29 is 29.3 Å². The molecule has 0 fully saturated rings. The summed E-state index contributed by atoms with van der Waals surface area (Å²) in [5.41, 5.74) is 1.59. The number of fused-ring (bicyclic) bond motifs is 1. The van der Waals surface area contributed by atoms with E-state index in [1.54, 1.807) is 6.07 Å². The number of hydrogen-bond acceptors (Lipinski definition) is 6. The van der Waals surface area contributed by atoms with Crippen molar-refractivity contribution in [3.8, 4) is 23.0 Å². The second kappa shape index (κ2) is 10.4. The number of aryl methyl sites for hydroxylation is 1. The van der Waals surface area contributed by atoms with Gasteiger partial charge in [-0.2, -0.15) is 4.98 Å². The van der Waals surface area contributed by atoms with Gasteiger partial charge in [-0.05, 0) is 48.7 Å². The molecule has 31 heavy (non-hydrogen) atoms. The van der Waals surface area contributed by atoms with Gasteiger partial charge in [0.15, 0.2) is 5.82 Å². The van der Waals surface area contributed by atoms with Crippen molar-refractivity contribution in [2.45, 2.75) is 32.6 Å². The van der Waals surface area contributed by atoms with E-state index in [0.717, 1.165) is 22.0 Å². The molecular formula is C23H24N2O6. The van der Waals surface area contributed by atoms with Crippen LogP contribution in [0.15, 0.2) is 42.5 Å². The van der Waals surface area contributed by atoms with Gasteiger partial charge in [0.2, 0.25) is 5.88 Å². The normalized spacial score (nSPS) is 10.7. The zero-order valence-corrected chi connectivity index (χ0v) is 17.2. The van der Waals surface area contributed by atoms with Crippen molar-refractivity contribution in [1.82, 2.24) is 9.97 Å². The van der Waals surface area contributed by atoms with E-state index in [0.29, 0.717) is 36.9 Å². The Labute approximate surface area is 179 Å². The molecule has 8 nitrogen and oxygen atoms in total. The average Bonchev–Trinajstić information content (AvgIpc) is 2.73. The van der Waals surface area contributed by atoms with E-state index in [-0.39, 0.29) is 19.4 Å². The molecule has 1 aromatic heterocycles. The van der Waals surface area contributed by atoms with Gasteiger partial charge in [-0.15, -0.1) is 0 Å². The molecule has 162 valence electrons. The van der Waals surface area contributed by atoms with Crippen molar-refractivity contribution in [2.24, 2.45) is 0 Å². The lowest BCUT2D eigenvalue weighted by atomic mass is 10.1. The van der Waals surface area contributed by atoms with E-state index in [4.69, 9.17) is 19.7 Å². The van der Waals surface area contributed by atoms with E-state index >= 15 is 0 Å². The summed E-state index contributed by atoms with van der Waals surface area (Å²) in [5.74, 6) is -0.0494. The molecule has 0 amide bonds. The molecule has 0 aliphatic rings. The fourth-order valence-corrected chi connectivity index (χ4v) is 3.01. The van der Waals surface area contributed by atoms with E-state index < -0.39 is 11.9 Å². The number of aliphatic carboxylic acids is 2. The van der Waals surface area contributed by atoms with Gasteiger partial charge in [0.05, 0.1) is 13.2 Å². The number of hydrogen-bond donors (Lipinski definition) is 2. The molecule has 3 rings (SSSR count). The molecule has 0 aliphatic carbocycles. The molecule has 0 unspecified atom stereocenters. The maximum absolute atomic E-state index is 10.6. The topological polar surface area (TPSA) is 119 Å². The van der Waals surface area contributed by atoms with Crippen molar-refractivity contribution in [3.63, 3.8) is 0 Å². The molecule has 0 saturated carbocycles. The van der Waals surface area contributed by atoms with Crippen LogP contribution in [0.3, 0.4) is 0 Å². The van der Waals surface area contributed by atoms with E-state index in [9.17, 15) is 9.59 Å². The minimum Gasteiger partial charge on any atom is -0.494 e. The number of rotatable bonds is 11. The van der Waals surface area contributed by atoms with Gasteiger partial charge < -0.3 is 19.7 Å². The molecule has 3 aromatic rings. The predicted molar refractivity (Wildman–Crippen MR) is 114 cm³/mol. The second-order valence-corrected chi connectivity index (χ2v) is 7.09. The minimum atomic E-state index is -0.854. The van der Waals surface area contributed by atoms with Crippen molar-refractivity contribution in [2.75, 3.05) is 13.2 Å². The standard InChI is InChI=1S/C23H24N2O6/c1-15-12-20(31-11-3-5-22(28)29)25-23(24-15)18-7-6-17-14-19(9-8-16(17)13-18)30-10-2-4-21(26)27/h6-9,12-14H,2-5,10-11H2,1H3,(H,26,27)(H,28,29). The maximum atomic E-state index is 10.6. The first-order valence-electron chi connectivity index (χ1n) is 10.00. The van der Waals surface area contributed by atoms with Crippen LogP contribution in [-0.2, 0) is 9.59 Å². The van der Waals surface area contributed by atoms with Crippen LogP contribution in [0.1, 0.15) is 31.4 Å². The highest BCUT2D eigenvalue weighted by atomic mass is 16.5. The Balaban J connectivity index is 1.71. The lowest BCUT2D eigenvalue weighted by Gasteiger charge is -2.10. The zero-order valence-electron chi connectivity index (χ0n) is 17.2. The molecule has 0 aliphatic heterocycles. The Bertz CT molecular complexity index is 1080. The highest BCUT2D eigenvalue weighted by Crippen LogP contribution is 2.27. The van der Waals surface area contributed by atoms with Crippen LogP contribution in [-0.4, -0.2) is 45.3 Å². The molecule has 0 bridgehead atoms. The fourth-order valence-electron chi connectivity index (χ4n) is 3.01. The number of nitrogens with zero attached hydrogens (tertiary/aromatic N) is 2. The smallest absolute Gasteiger partial charge is 0.303 e. The second-order valence-electron chi connectivity index (χ2n) is 7.09. The van der Waals surface area contributed by atoms with Crippen LogP contribution in [0.4, 0.5) is 0 Å². The van der Waals surface area contributed by atoms with Crippen LogP contribution >= 0.6 is 0 Å². The van der Waals surface area contributed by atoms with Gasteiger partial charge in [0.1, 0.15) is 5.75 Å². The molecule has 0 atom stereocenters. The fraction of sp³-hybridized carbons (Fsp3) is 0.304. The Hall–Kier alpha value is -3.68. The highest BCUT2D eigenvalue weighted by molar-refractivity contribution is 5.87. The van der Waals surface area contributed by atoms with Crippen molar-refractivity contribution in [1.29, 1.82) is 0 Å². The van der Waals surface area contributed by atoms with Gasteiger partial charge in [0, 0.05) is 30.2 Å². The maximum Gasteiger partial charge on any atom is 0.303 e. The molecule has 8 heteroatoms. The molecule has 0 radical (unpaired) electrons. The van der Waals surface area contributed by atoms with Crippen LogP contribution in [0.5, 0.6) is 11.6 Å². The first kappa shape index (κ1) is 22.0. The molecular weight excluding hydrogens is 400 g/mol. The third-order valence-corrected chi connectivity index (χ3v) is 4.49. The highest BCUT2D eigenvalue weighted by Gasteiger charge is 2.08. The lowest BCUT2D eigenvalue weighted by Crippen LogP contribution is -2.04. The van der Waals surface area contributed by atoms with Crippen LogP contribution in [0.25, 0.3) is 22.2 Å². The number of carbonyl (C=O) groups is 2. The summed E-state index contributed by atoms with van der Waals surface area (Å²) in [7, 11) is 0. The lowest BCUT2D eigenvalue weighted by molar-refractivity contribution is -0.138. The Morgan fingerprint density at radius 2 is 1.48 bits per heavy atom. The first-order chi connectivity index (χ1) is 14.9. The molecule has 0 saturated heterocycles. The quantitative estimate of drug-likeness (QED) is 0.442. The summed E-state index contributed by atoms with van der Waals surface area (Å²) in [4.78, 5) is 30.1. The third kappa shape index (κ3) is 6.67. The van der Waals surface area contributed by atoms with E-state index in [1.807, 2.05) is 43.3 Å². The monoisotopic (exact) mass is 424 g/mol. The third-order valence-electron chi connectivity index (χ3n) is 4.49. The van der Waals surface area contributed by atoms with Crippen LogP contribution < -0.4 is 9.47 Å². The van der Waals surface area contributed by atoms with Gasteiger partial charge >= 0.3 is 11.9 Å². The summed E-state index contributed by atoms with van der Waals surface area (Å²) < 4.78 is 11.2. The minimum absolute atomic E-state index is 0.0485. The Morgan fingerprint density at radius 3 is 2.19 bits per heavy atom. The first-order valence-corrected chi connectivity index (χ1v) is 10.00. The predicted octanol–water partition coefficient (Wildman–Crippen LogP) is 4.09. The van der Waals surface area contributed by atoms with Crippen molar-refractivity contribution in [3.05, 3.63) is 48.2 Å². The number of ether oxygens (including phenoxy) is 2. The average molecular weight is 424 g/mol. The van der Waals surface area contributed by atoms with Gasteiger partial charge in [0.25, 0.3) is 0 Å². The van der Waals surface area contributed by atoms with Gasteiger partial charge in [-0.25, -0.2) is 4.98 Å². The van der Waals surface area contributed by atoms with E-state index in [1.165, 1.54) is 0 Å². The zero-order chi connectivity index (χ0) is 22.2. The number of benzene rings is 2. The number of carboxylic acids is 2. The van der Waals surface area contributed by atoms with Crippen LogP contribution in [0, 0.1) is 6.92 Å². The summed E-state index contributed by atoms with van der Waals surface area (Å²) in [6, 6.07) is 13.3. The summed E-state index contributed by atoms with van der Waals surface area (Å²) in [5, 5.41) is 19.4. The molecule has 2 aromatic carbocycles. The number of carboxylic acid groups (broad SMARTS) is 2. The van der Waals surface area contributed by atoms with Crippen LogP contribution in [0.2, 0.25) is 0 Å². The summed E-state index contributed by atoms with van der Waals surface area (Å²) in [6.45, 7) is 2.47. The van der Waals surface area contributed by atoms with Gasteiger partial charge in [-0.3, -0.25) is 9.59 Å². The molecule has 2 N–H and O–H groups in total. The van der Waals surface area contributed by atoms with Crippen molar-refractivity contribution >= 4 is 22.7 Å². The molecule has 1 heterocycles.